The fourth-order valence-corrected chi connectivity index (χ4v) is 3.56. The molecule has 0 heterocycles. The highest BCUT2D eigenvalue weighted by Gasteiger charge is 2.42. The largest absolute Gasteiger partial charge is 0.329 e. The molecule has 21 heavy (non-hydrogen) atoms. The first-order valence-corrected chi connectivity index (χ1v) is 7.74. The topological polar surface area (TPSA) is 29.3 Å². The highest BCUT2D eigenvalue weighted by molar-refractivity contribution is 5.20. The molecule has 0 amide bonds. The van der Waals surface area contributed by atoms with Gasteiger partial charge in [0.25, 0.3) is 5.92 Å². The molecule has 1 aromatic rings. The molecule has 2 atom stereocenters. The molecule has 1 fully saturated rings. The normalized spacial score (nSPS) is 27.0. The summed E-state index contributed by atoms with van der Waals surface area (Å²) in [5, 5.41) is 0. The maximum atomic E-state index is 14.5. The molecule has 0 bridgehead atoms. The Balaban J connectivity index is 2.13. The standard InChI is InChI=1S/C17H26F2N2/c1-14-7-6-10-16(11-14,12-20)21(2)13-17(18,19)15-8-4-3-5-9-15/h3-5,8-9,14H,6-7,10-13,20H2,1-2H3. The van der Waals surface area contributed by atoms with E-state index in [1.54, 1.807) is 30.1 Å². The number of benzene rings is 1. The van der Waals surface area contributed by atoms with Crippen molar-refractivity contribution >= 4 is 0 Å². The summed E-state index contributed by atoms with van der Waals surface area (Å²) in [6.45, 7) is 2.35. The quantitative estimate of drug-likeness (QED) is 0.899. The first kappa shape index (κ1) is 16.4. The minimum absolute atomic E-state index is 0.0767. The van der Waals surface area contributed by atoms with Crippen molar-refractivity contribution in [3.8, 4) is 0 Å². The Morgan fingerprint density at radius 3 is 2.57 bits per heavy atom. The fourth-order valence-electron chi connectivity index (χ4n) is 3.56. The molecule has 2 rings (SSSR count). The van der Waals surface area contributed by atoms with Gasteiger partial charge in [-0.05, 0) is 25.8 Å². The van der Waals surface area contributed by atoms with Gasteiger partial charge in [-0.3, -0.25) is 4.90 Å². The molecule has 0 spiro atoms. The third-order valence-corrected chi connectivity index (χ3v) is 4.89. The number of halogens is 2. The molecular weight excluding hydrogens is 270 g/mol. The zero-order valence-electron chi connectivity index (χ0n) is 13.0. The van der Waals surface area contributed by atoms with Gasteiger partial charge in [0.15, 0.2) is 0 Å². The van der Waals surface area contributed by atoms with Crippen LogP contribution in [0.1, 0.15) is 38.2 Å². The van der Waals surface area contributed by atoms with Crippen LogP contribution in [0.2, 0.25) is 0 Å². The summed E-state index contributed by atoms with van der Waals surface area (Å²) in [5.41, 5.74) is 5.77. The molecule has 2 unspecified atom stereocenters. The zero-order valence-corrected chi connectivity index (χ0v) is 13.0. The van der Waals surface area contributed by atoms with Crippen LogP contribution in [0.3, 0.4) is 0 Å². The Hall–Kier alpha value is -1.00. The van der Waals surface area contributed by atoms with Crippen molar-refractivity contribution < 1.29 is 8.78 Å². The summed E-state index contributed by atoms with van der Waals surface area (Å²) >= 11 is 0. The minimum Gasteiger partial charge on any atom is -0.329 e. The Bertz CT molecular complexity index is 449. The van der Waals surface area contributed by atoms with Gasteiger partial charge in [0.05, 0.1) is 6.54 Å². The molecule has 118 valence electrons. The van der Waals surface area contributed by atoms with Crippen molar-refractivity contribution in [1.82, 2.24) is 4.90 Å². The third kappa shape index (κ3) is 3.61. The van der Waals surface area contributed by atoms with E-state index in [1.165, 1.54) is 18.6 Å². The average Bonchev–Trinajstić information content (AvgIpc) is 2.47. The minimum atomic E-state index is -2.85. The monoisotopic (exact) mass is 296 g/mol. The zero-order chi connectivity index (χ0) is 15.5. The average molecular weight is 296 g/mol. The second-order valence-corrected chi connectivity index (χ2v) is 6.56. The number of hydrogen-bond acceptors (Lipinski definition) is 2. The lowest BCUT2D eigenvalue weighted by molar-refractivity contribution is -0.0680. The molecule has 1 aliphatic rings. The predicted molar refractivity (Wildman–Crippen MR) is 82.4 cm³/mol. The van der Waals surface area contributed by atoms with Crippen molar-refractivity contribution in [3.05, 3.63) is 35.9 Å². The van der Waals surface area contributed by atoms with Crippen molar-refractivity contribution in [2.75, 3.05) is 20.1 Å². The maximum Gasteiger partial charge on any atom is 0.285 e. The van der Waals surface area contributed by atoms with Crippen LogP contribution in [0.25, 0.3) is 0 Å². The summed E-state index contributed by atoms with van der Waals surface area (Å²) in [6.07, 6.45) is 4.06. The number of likely N-dealkylation sites (N-methyl/N-ethyl adjacent to an activating group) is 1. The molecule has 1 aromatic carbocycles. The van der Waals surface area contributed by atoms with E-state index in [-0.39, 0.29) is 17.6 Å². The van der Waals surface area contributed by atoms with Gasteiger partial charge in [0, 0.05) is 17.6 Å². The van der Waals surface area contributed by atoms with Crippen LogP contribution in [0.15, 0.2) is 30.3 Å². The number of rotatable bonds is 5. The van der Waals surface area contributed by atoms with E-state index in [2.05, 4.69) is 6.92 Å². The van der Waals surface area contributed by atoms with E-state index in [4.69, 9.17) is 5.73 Å². The van der Waals surface area contributed by atoms with Crippen molar-refractivity contribution in [2.45, 2.75) is 44.1 Å². The van der Waals surface area contributed by atoms with Gasteiger partial charge in [-0.1, -0.05) is 50.1 Å². The smallest absolute Gasteiger partial charge is 0.285 e. The second kappa shape index (κ2) is 6.41. The van der Waals surface area contributed by atoms with Crippen LogP contribution < -0.4 is 5.73 Å². The Morgan fingerprint density at radius 2 is 2.00 bits per heavy atom. The first-order valence-electron chi connectivity index (χ1n) is 7.74. The molecule has 2 N–H and O–H groups in total. The van der Waals surface area contributed by atoms with Crippen molar-refractivity contribution in [1.29, 1.82) is 0 Å². The first-order chi connectivity index (χ1) is 9.89. The lowest BCUT2D eigenvalue weighted by Crippen LogP contribution is -2.56. The molecular formula is C17H26F2N2. The van der Waals surface area contributed by atoms with Gasteiger partial charge in [0.2, 0.25) is 0 Å². The molecule has 4 heteroatoms. The maximum absolute atomic E-state index is 14.5. The van der Waals surface area contributed by atoms with E-state index in [9.17, 15) is 8.78 Å². The van der Waals surface area contributed by atoms with Gasteiger partial charge in [-0.15, -0.1) is 0 Å². The summed E-state index contributed by atoms with van der Waals surface area (Å²) in [4.78, 5) is 1.80. The fraction of sp³-hybridized carbons (Fsp3) is 0.647. The Morgan fingerprint density at radius 1 is 1.33 bits per heavy atom. The van der Waals surface area contributed by atoms with E-state index in [1.807, 2.05) is 0 Å². The Kier molecular flexibility index (Phi) is 4.99. The van der Waals surface area contributed by atoms with Crippen LogP contribution in [-0.2, 0) is 5.92 Å². The second-order valence-electron chi connectivity index (χ2n) is 6.56. The van der Waals surface area contributed by atoms with Crippen LogP contribution >= 0.6 is 0 Å². The van der Waals surface area contributed by atoms with Crippen LogP contribution in [0, 0.1) is 5.92 Å². The van der Waals surface area contributed by atoms with Crippen LogP contribution in [0.4, 0.5) is 8.78 Å². The summed E-state index contributed by atoms with van der Waals surface area (Å²) in [5.74, 6) is -2.30. The van der Waals surface area contributed by atoms with Crippen LogP contribution in [0.5, 0.6) is 0 Å². The van der Waals surface area contributed by atoms with Crippen LogP contribution in [-0.4, -0.2) is 30.6 Å². The van der Waals surface area contributed by atoms with E-state index >= 15 is 0 Å². The third-order valence-electron chi connectivity index (χ3n) is 4.89. The van der Waals surface area contributed by atoms with Gasteiger partial charge in [0.1, 0.15) is 0 Å². The van der Waals surface area contributed by atoms with Gasteiger partial charge < -0.3 is 5.73 Å². The lowest BCUT2D eigenvalue weighted by Gasteiger charge is -2.47. The molecule has 1 aliphatic carbocycles. The summed E-state index contributed by atoms with van der Waals surface area (Å²) in [6, 6.07) is 8.06. The van der Waals surface area contributed by atoms with Gasteiger partial charge in [-0.25, -0.2) is 0 Å². The summed E-state index contributed by atoms with van der Waals surface area (Å²) < 4.78 is 29.0. The van der Waals surface area contributed by atoms with Gasteiger partial charge in [-0.2, -0.15) is 8.78 Å². The Labute approximate surface area is 126 Å². The van der Waals surface area contributed by atoms with Gasteiger partial charge >= 0.3 is 0 Å². The number of alkyl halides is 2. The molecule has 0 aliphatic heterocycles. The molecule has 0 saturated heterocycles. The van der Waals surface area contributed by atoms with E-state index in [0.29, 0.717) is 12.5 Å². The molecule has 1 saturated carbocycles. The van der Waals surface area contributed by atoms with Crippen molar-refractivity contribution in [3.63, 3.8) is 0 Å². The van der Waals surface area contributed by atoms with Crippen molar-refractivity contribution in [2.24, 2.45) is 11.7 Å². The highest BCUT2D eigenvalue weighted by atomic mass is 19.3. The lowest BCUT2D eigenvalue weighted by atomic mass is 9.75. The SMILES string of the molecule is CC1CCCC(CN)(N(C)CC(F)(F)c2ccccc2)C1. The predicted octanol–water partition coefficient (Wildman–Crippen LogP) is 3.62. The molecule has 0 aromatic heterocycles. The summed E-state index contributed by atoms with van der Waals surface area (Å²) in [7, 11) is 1.79. The molecule has 0 radical (unpaired) electrons. The number of nitrogens with zero attached hydrogens (tertiary/aromatic N) is 1. The number of nitrogens with two attached hydrogens (primary N) is 1. The highest BCUT2D eigenvalue weighted by Crippen LogP contribution is 2.38. The number of hydrogen-bond donors (Lipinski definition) is 1. The molecule has 2 nitrogen and oxygen atoms in total. The van der Waals surface area contributed by atoms with E-state index in [0.717, 1.165) is 19.3 Å². The van der Waals surface area contributed by atoms with E-state index < -0.39 is 5.92 Å².